The first-order valence-corrected chi connectivity index (χ1v) is 9.44. The number of nitrogens with zero attached hydrogens (tertiary/aromatic N) is 1. The number of likely N-dealkylation sites (tertiary alicyclic amines) is 1. The van der Waals surface area contributed by atoms with E-state index in [1.807, 2.05) is 4.90 Å². The first-order valence-electron chi connectivity index (χ1n) is 9.44. The highest BCUT2D eigenvalue weighted by Crippen LogP contribution is 2.24. The molecule has 2 atom stereocenters. The summed E-state index contributed by atoms with van der Waals surface area (Å²) in [6.45, 7) is 3.15. The van der Waals surface area contributed by atoms with Crippen LogP contribution in [0, 0.1) is 0 Å². The number of carbonyl (C=O) groups is 2. The summed E-state index contributed by atoms with van der Waals surface area (Å²) in [6, 6.07) is 5.20. The van der Waals surface area contributed by atoms with Crippen LogP contribution in [0.25, 0.3) is 0 Å². The minimum absolute atomic E-state index is 0.0468. The van der Waals surface area contributed by atoms with Crippen LogP contribution in [-0.4, -0.2) is 55.8 Å². The number of hydrogen-bond acceptors (Lipinski definition) is 3. The molecule has 1 saturated heterocycles. The molecular weight excluding hydrogens is 375 g/mol. The fourth-order valence-corrected chi connectivity index (χ4v) is 3.39. The Morgan fingerprint density at radius 2 is 1.89 bits per heavy atom. The van der Waals surface area contributed by atoms with E-state index < -0.39 is 6.36 Å². The Morgan fingerprint density at radius 3 is 2.50 bits per heavy atom. The second kappa shape index (κ2) is 9.77. The van der Waals surface area contributed by atoms with E-state index >= 15 is 0 Å². The number of carbonyl (C=O) groups excluding carboxylic acids is 2. The Kier molecular flexibility index (Phi) is 7.68. The van der Waals surface area contributed by atoms with Crippen molar-refractivity contribution in [2.75, 3.05) is 32.0 Å². The zero-order valence-corrected chi connectivity index (χ0v) is 16.1. The monoisotopic (exact) mass is 402 g/mol. The predicted molar refractivity (Wildman–Crippen MR) is 98.0 cm³/mol. The molecule has 0 bridgehead atoms. The van der Waals surface area contributed by atoms with Crippen molar-refractivity contribution >= 4 is 17.5 Å². The second-order valence-electron chi connectivity index (χ2n) is 7.08. The van der Waals surface area contributed by atoms with Gasteiger partial charge in [0.25, 0.3) is 11.8 Å². The van der Waals surface area contributed by atoms with Crippen molar-refractivity contribution in [1.82, 2.24) is 4.90 Å². The Labute approximate surface area is 162 Å². The van der Waals surface area contributed by atoms with Crippen LogP contribution in [-0.2, 0) is 9.59 Å². The lowest BCUT2D eigenvalue weighted by Crippen LogP contribution is -3.11. The Bertz CT molecular complexity index is 665. The summed E-state index contributed by atoms with van der Waals surface area (Å²) in [7, 11) is 1.77. The van der Waals surface area contributed by atoms with Crippen LogP contribution in [0.15, 0.2) is 24.3 Å². The number of rotatable bonds is 7. The highest BCUT2D eigenvalue weighted by molar-refractivity contribution is 5.91. The summed E-state index contributed by atoms with van der Waals surface area (Å²) in [4.78, 5) is 27.4. The van der Waals surface area contributed by atoms with E-state index in [2.05, 4.69) is 17.0 Å². The van der Waals surface area contributed by atoms with Crippen LogP contribution in [0.3, 0.4) is 0 Å². The van der Waals surface area contributed by atoms with E-state index in [4.69, 9.17) is 0 Å². The van der Waals surface area contributed by atoms with Crippen LogP contribution < -0.4 is 15.0 Å². The molecule has 1 aromatic carbocycles. The lowest BCUT2D eigenvalue weighted by Gasteiger charge is -2.35. The number of hydrogen-bond donors (Lipinski definition) is 2. The fourth-order valence-electron chi connectivity index (χ4n) is 3.39. The average molecular weight is 402 g/mol. The molecule has 156 valence electrons. The summed E-state index contributed by atoms with van der Waals surface area (Å²) >= 11 is 0. The fraction of sp³-hybridized carbons (Fsp3) is 0.579. The summed E-state index contributed by atoms with van der Waals surface area (Å²) in [5.41, 5.74) is 0.362. The van der Waals surface area contributed by atoms with Gasteiger partial charge in [-0.1, -0.05) is 6.92 Å². The van der Waals surface area contributed by atoms with Gasteiger partial charge in [0.05, 0.1) is 7.05 Å². The third-order valence-corrected chi connectivity index (χ3v) is 4.71. The maximum Gasteiger partial charge on any atom is 0.573 e. The van der Waals surface area contributed by atoms with Gasteiger partial charge in [-0.25, -0.2) is 0 Å². The van der Waals surface area contributed by atoms with Gasteiger partial charge in [-0.3, -0.25) is 9.59 Å². The number of anilines is 1. The number of nitrogens with one attached hydrogen (secondary N) is 2. The zero-order chi connectivity index (χ0) is 20.7. The first kappa shape index (κ1) is 22.0. The largest absolute Gasteiger partial charge is 0.573 e. The smallest absolute Gasteiger partial charge is 0.406 e. The molecule has 1 aliphatic rings. The molecule has 0 spiro atoms. The maximum atomic E-state index is 12.5. The van der Waals surface area contributed by atoms with Gasteiger partial charge >= 0.3 is 6.36 Å². The van der Waals surface area contributed by atoms with Gasteiger partial charge < -0.3 is 19.9 Å². The maximum absolute atomic E-state index is 12.5. The molecule has 1 fully saturated rings. The van der Waals surface area contributed by atoms with Crippen molar-refractivity contribution in [3.63, 3.8) is 0 Å². The lowest BCUT2D eigenvalue weighted by atomic mass is 10.00. The van der Waals surface area contributed by atoms with Gasteiger partial charge in [-0.2, -0.15) is 0 Å². The molecule has 28 heavy (non-hydrogen) atoms. The Hall–Kier alpha value is -2.29. The molecule has 0 saturated carbocycles. The van der Waals surface area contributed by atoms with E-state index in [0.717, 1.165) is 49.3 Å². The minimum atomic E-state index is -4.76. The topological polar surface area (TPSA) is 63.1 Å². The normalized spacial score (nSPS) is 18.5. The predicted octanol–water partition coefficient (Wildman–Crippen LogP) is 1.83. The van der Waals surface area contributed by atoms with Gasteiger partial charge in [0, 0.05) is 18.3 Å². The number of ether oxygens (including phenoxy) is 1. The molecule has 1 heterocycles. The van der Waals surface area contributed by atoms with Crippen LogP contribution in [0.2, 0.25) is 0 Å². The van der Waals surface area contributed by atoms with E-state index in [0.29, 0.717) is 5.69 Å². The number of amides is 2. The third kappa shape index (κ3) is 7.03. The summed E-state index contributed by atoms with van der Waals surface area (Å²) in [6.07, 6.45) is -0.653. The number of halogens is 3. The zero-order valence-electron chi connectivity index (χ0n) is 16.1. The minimum Gasteiger partial charge on any atom is -0.406 e. The highest BCUT2D eigenvalue weighted by Gasteiger charge is 2.31. The standard InChI is InChI=1S/C19H26F3N3O3/c1-3-15-6-4-5-11-25(15)18(27)13-24(2)12-17(26)23-14-7-9-16(10-8-14)28-19(20,21)22/h7-10,15H,3-6,11-13H2,1-2H3,(H,23,26)/p+1/t15-/m0/s1. The molecule has 1 aliphatic heterocycles. The van der Waals surface area contributed by atoms with Crippen LogP contribution in [0.1, 0.15) is 32.6 Å². The lowest BCUT2D eigenvalue weighted by molar-refractivity contribution is -0.862. The number of alkyl halides is 3. The van der Waals surface area contributed by atoms with Gasteiger partial charge in [-0.15, -0.1) is 13.2 Å². The second-order valence-corrected chi connectivity index (χ2v) is 7.08. The molecule has 0 radical (unpaired) electrons. The summed E-state index contributed by atoms with van der Waals surface area (Å²) in [5.74, 6) is -0.628. The molecule has 0 aliphatic carbocycles. The van der Waals surface area contributed by atoms with Gasteiger partial charge in [0.1, 0.15) is 5.75 Å². The van der Waals surface area contributed by atoms with Crippen LogP contribution in [0.4, 0.5) is 18.9 Å². The molecule has 2 amide bonds. The molecule has 2 N–H and O–H groups in total. The van der Waals surface area contributed by atoms with Crippen molar-refractivity contribution in [3.8, 4) is 5.75 Å². The number of benzene rings is 1. The summed E-state index contributed by atoms with van der Waals surface area (Å²) in [5, 5.41) is 2.61. The van der Waals surface area contributed by atoms with Crippen LogP contribution >= 0.6 is 0 Å². The van der Waals surface area contributed by atoms with Crippen molar-refractivity contribution in [3.05, 3.63) is 24.3 Å². The summed E-state index contributed by atoms with van der Waals surface area (Å²) < 4.78 is 40.3. The first-order chi connectivity index (χ1) is 13.2. The van der Waals surface area contributed by atoms with Gasteiger partial charge in [0.15, 0.2) is 13.1 Å². The van der Waals surface area contributed by atoms with Crippen molar-refractivity contribution in [2.24, 2.45) is 0 Å². The van der Waals surface area contributed by atoms with Gasteiger partial charge in [0.2, 0.25) is 0 Å². The van der Waals surface area contributed by atoms with Crippen molar-refractivity contribution in [2.45, 2.75) is 45.0 Å². The molecule has 6 nitrogen and oxygen atoms in total. The molecule has 0 aromatic heterocycles. The van der Waals surface area contributed by atoms with Crippen molar-refractivity contribution < 1.29 is 32.4 Å². The molecular formula is C19H27F3N3O3+. The van der Waals surface area contributed by atoms with E-state index in [1.165, 1.54) is 12.1 Å². The number of quaternary nitrogens is 1. The SMILES string of the molecule is CC[C@H]1CCCCN1C(=O)C[NH+](C)CC(=O)Nc1ccc(OC(F)(F)F)cc1. The van der Waals surface area contributed by atoms with Crippen LogP contribution in [0.5, 0.6) is 5.75 Å². The molecule has 2 rings (SSSR count). The van der Waals surface area contributed by atoms with E-state index in [9.17, 15) is 22.8 Å². The van der Waals surface area contributed by atoms with Gasteiger partial charge in [-0.05, 0) is 49.9 Å². The quantitative estimate of drug-likeness (QED) is 0.732. The molecule has 1 aromatic rings. The Morgan fingerprint density at radius 1 is 1.21 bits per heavy atom. The average Bonchev–Trinajstić information content (AvgIpc) is 2.61. The third-order valence-electron chi connectivity index (χ3n) is 4.71. The molecule has 1 unspecified atom stereocenters. The highest BCUT2D eigenvalue weighted by atomic mass is 19.4. The number of piperidine rings is 1. The Balaban J connectivity index is 1.81. The van der Waals surface area contributed by atoms with Crippen molar-refractivity contribution in [1.29, 1.82) is 0 Å². The molecule has 9 heteroatoms. The van der Waals surface area contributed by atoms with E-state index in [-0.39, 0.29) is 36.7 Å². The number of likely N-dealkylation sites (N-methyl/N-ethyl adjacent to an activating group) is 1. The van der Waals surface area contributed by atoms with E-state index in [1.54, 1.807) is 7.05 Å².